The standard InChI is InChI=1S/C13H22N2O3/c1-4-13(5-2,12(17)18)10-11(16)15(6-3)9-7-8-14/h4-7,9-10H2,1-3H3,(H,17,18). The molecule has 0 rings (SSSR count). The van der Waals surface area contributed by atoms with Crippen molar-refractivity contribution in [3.63, 3.8) is 0 Å². The summed E-state index contributed by atoms with van der Waals surface area (Å²) in [6.45, 7) is 6.28. The van der Waals surface area contributed by atoms with Gasteiger partial charge in [0.05, 0.1) is 17.9 Å². The molecule has 0 aliphatic heterocycles. The van der Waals surface area contributed by atoms with Crippen LogP contribution in [0.1, 0.15) is 46.5 Å². The van der Waals surface area contributed by atoms with Crippen molar-refractivity contribution in [3.05, 3.63) is 0 Å². The molecule has 0 spiro atoms. The zero-order valence-corrected chi connectivity index (χ0v) is 11.4. The van der Waals surface area contributed by atoms with Gasteiger partial charge in [0.25, 0.3) is 0 Å². The molecular formula is C13H22N2O3. The number of aliphatic carboxylic acids is 1. The molecule has 0 aliphatic carbocycles. The molecule has 0 atom stereocenters. The predicted molar refractivity (Wildman–Crippen MR) is 67.8 cm³/mol. The number of amides is 1. The first-order valence-electron chi connectivity index (χ1n) is 6.35. The second kappa shape index (κ2) is 7.70. The van der Waals surface area contributed by atoms with Gasteiger partial charge in [-0.1, -0.05) is 13.8 Å². The molecule has 0 heterocycles. The summed E-state index contributed by atoms with van der Waals surface area (Å²) in [5.41, 5.74) is -0.975. The Labute approximate surface area is 108 Å². The van der Waals surface area contributed by atoms with Crippen molar-refractivity contribution in [1.82, 2.24) is 4.90 Å². The smallest absolute Gasteiger partial charge is 0.310 e. The summed E-state index contributed by atoms with van der Waals surface area (Å²) in [7, 11) is 0. The minimum absolute atomic E-state index is 0.00853. The molecule has 0 radical (unpaired) electrons. The lowest BCUT2D eigenvalue weighted by Gasteiger charge is -2.29. The van der Waals surface area contributed by atoms with Crippen molar-refractivity contribution in [2.45, 2.75) is 46.5 Å². The molecule has 0 aromatic carbocycles. The molecule has 0 aliphatic rings. The number of carbonyl (C=O) groups is 2. The highest BCUT2D eigenvalue weighted by Gasteiger charge is 2.38. The van der Waals surface area contributed by atoms with E-state index in [-0.39, 0.29) is 18.7 Å². The van der Waals surface area contributed by atoms with Crippen molar-refractivity contribution in [3.8, 4) is 6.07 Å². The first-order chi connectivity index (χ1) is 8.47. The first kappa shape index (κ1) is 16.4. The Hall–Kier alpha value is -1.57. The zero-order valence-electron chi connectivity index (χ0n) is 11.4. The number of carbonyl (C=O) groups excluding carboxylic acids is 1. The maximum Gasteiger partial charge on any atom is 0.310 e. The lowest BCUT2D eigenvalue weighted by atomic mass is 9.79. The minimum atomic E-state index is -0.975. The number of carboxylic acids is 1. The summed E-state index contributed by atoms with van der Waals surface area (Å²) in [6, 6.07) is 1.99. The average molecular weight is 254 g/mol. The van der Waals surface area contributed by atoms with Gasteiger partial charge in [0.2, 0.25) is 5.91 Å². The van der Waals surface area contributed by atoms with E-state index in [1.807, 2.05) is 13.0 Å². The Bertz CT molecular complexity index is 330. The van der Waals surface area contributed by atoms with Crippen LogP contribution in [0.4, 0.5) is 0 Å². The SMILES string of the molecule is CCN(CCC#N)C(=O)CC(CC)(CC)C(=O)O. The molecule has 0 saturated carbocycles. The van der Waals surface area contributed by atoms with Crippen LogP contribution in [0, 0.1) is 16.7 Å². The van der Waals surface area contributed by atoms with E-state index in [9.17, 15) is 14.7 Å². The summed E-state index contributed by atoms with van der Waals surface area (Å²) in [5, 5.41) is 17.8. The molecule has 0 bridgehead atoms. The van der Waals surface area contributed by atoms with E-state index in [0.29, 0.717) is 25.9 Å². The third-order valence-corrected chi connectivity index (χ3v) is 3.52. The van der Waals surface area contributed by atoms with Gasteiger partial charge >= 0.3 is 5.97 Å². The van der Waals surface area contributed by atoms with Crippen LogP contribution < -0.4 is 0 Å². The quantitative estimate of drug-likeness (QED) is 0.718. The van der Waals surface area contributed by atoms with Crippen molar-refractivity contribution in [1.29, 1.82) is 5.26 Å². The first-order valence-corrected chi connectivity index (χ1v) is 6.35. The van der Waals surface area contributed by atoms with Crippen LogP contribution in [-0.4, -0.2) is 35.0 Å². The second-order valence-corrected chi connectivity index (χ2v) is 4.35. The molecule has 1 amide bonds. The number of nitriles is 1. The molecule has 102 valence electrons. The van der Waals surface area contributed by atoms with E-state index in [0.717, 1.165) is 0 Å². The lowest BCUT2D eigenvalue weighted by molar-refractivity contribution is -0.154. The molecule has 5 heteroatoms. The summed E-state index contributed by atoms with van der Waals surface area (Å²) >= 11 is 0. The Morgan fingerprint density at radius 3 is 2.17 bits per heavy atom. The predicted octanol–water partition coefficient (Wildman–Crippen LogP) is 2.03. The van der Waals surface area contributed by atoms with Gasteiger partial charge in [-0.3, -0.25) is 9.59 Å². The number of hydrogen-bond donors (Lipinski definition) is 1. The van der Waals surface area contributed by atoms with Gasteiger partial charge in [0, 0.05) is 19.5 Å². The van der Waals surface area contributed by atoms with Gasteiger partial charge in [-0.2, -0.15) is 5.26 Å². The summed E-state index contributed by atoms with van der Waals surface area (Å²) in [5.74, 6) is -1.10. The van der Waals surface area contributed by atoms with Crippen molar-refractivity contribution in [2.24, 2.45) is 5.41 Å². The van der Waals surface area contributed by atoms with Gasteiger partial charge in [0.15, 0.2) is 0 Å². The van der Waals surface area contributed by atoms with Crippen LogP contribution >= 0.6 is 0 Å². The Balaban J connectivity index is 4.78. The van der Waals surface area contributed by atoms with Gasteiger partial charge < -0.3 is 10.0 Å². The molecular weight excluding hydrogens is 232 g/mol. The fraction of sp³-hybridized carbons (Fsp3) is 0.769. The van der Waals surface area contributed by atoms with Gasteiger partial charge in [-0.25, -0.2) is 0 Å². The summed E-state index contributed by atoms with van der Waals surface area (Å²) in [6.07, 6.45) is 1.15. The molecule has 0 saturated heterocycles. The zero-order chi connectivity index (χ0) is 14.2. The van der Waals surface area contributed by atoms with Crippen LogP contribution in [0.2, 0.25) is 0 Å². The number of hydrogen-bond acceptors (Lipinski definition) is 3. The largest absolute Gasteiger partial charge is 0.481 e. The van der Waals surface area contributed by atoms with E-state index in [1.165, 1.54) is 0 Å². The number of rotatable bonds is 8. The van der Waals surface area contributed by atoms with Crippen LogP contribution in [0.3, 0.4) is 0 Å². The molecule has 0 aromatic heterocycles. The Morgan fingerprint density at radius 1 is 1.28 bits per heavy atom. The monoisotopic (exact) mass is 254 g/mol. The third-order valence-electron chi connectivity index (χ3n) is 3.52. The Morgan fingerprint density at radius 2 is 1.83 bits per heavy atom. The van der Waals surface area contributed by atoms with Crippen LogP contribution in [0.15, 0.2) is 0 Å². The van der Waals surface area contributed by atoms with Crippen LogP contribution in [-0.2, 0) is 9.59 Å². The topological polar surface area (TPSA) is 81.4 Å². The maximum absolute atomic E-state index is 12.1. The van der Waals surface area contributed by atoms with Crippen molar-refractivity contribution < 1.29 is 14.7 Å². The van der Waals surface area contributed by atoms with Crippen LogP contribution in [0.25, 0.3) is 0 Å². The van der Waals surface area contributed by atoms with E-state index >= 15 is 0 Å². The molecule has 0 unspecified atom stereocenters. The number of nitrogens with zero attached hydrogens (tertiary/aromatic N) is 2. The highest BCUT2D eigenvalue weighted by molar-refractivity contribution is 5.85. The van der Waals surface area contributed by atoms with E-state index in [2.05, 4.69) is 0 Å². The van der Waals surface area contributed by atoms with Gasteiger partial charge in [0.1, 0.15) is 0 Å². The average Bonchev–Trinajstić information content (AvgIpc) is 2.36. The highest BCUT2D eigenvalue weighted by atomic mass is 16.4. The van der Waals surface area contributed by atoms with E-state index in [4.69, 9.17) is 5.26 Å². The van der Waals surface area contributed by atoms with E-state index in [1.54, 1.807) is 18.7 Å². The highest BCUT2D eigenvalue weighted by Crippen LogP contribution is 2.31. The molecule has 0 fully saturated rings. The minimum Gasteiger partial charge on any atom is -0.481 e. The third kappa shape index (κ3) is 4.02. The summed E-state index contributed by atoms with van der Waals surface area (Å²) in [4.78, 5) is 24.9. The molecule has 1 N–H and O–H groups in total. The molecule has 0 aromatic rings. The lowest BCUT2D eigenvalue weighted by Crippen LogP contribution is -2.39. The van der Waals surface area contributed by atoms with Crippen molar-refractivity contribution in [2.75, 3.05) is 13.1 Å². The Kier molecular flexibility index (Phi) is 7.03. The van der Waals surface area contributed by atoms with E-state index < -0.39 is 11.4 Å². The number of carboxylic acid groups (broad SMARTS) is 1. The molecule has 5 nitrogen and oxygen atoms in total. The van der Waals surface area contributed by atoms with Gasteiger partial charge in [-0.15, -0.1) is 0 Å². The van der Waals surface area contributed by atoms with Crippen LogP contribution in [0.5, 0.6) is 0 Å². The molecule has 18 heavy (non-hydrogen) atoms. The normalized spacial score (nSPS) is 10.8. The van der Waals surface area contributed by atoms with Crippen molar-refractivity contribution >= 4 is 11.9 Å². The fourth-order valence-electron chi connectivity index (χ4n) is 1.92. The summed E-state index contributed by atoms with van der Waals surface area (Å²) < 4.78 is 0. The fourth-order valence-corrected chi connectivity index (χ4v) is 1.92. The van der Waals surface area contributed by atoms with Gasteiger partial charge in [-0.05, 0) is 19.8 Å². The maximum atomic E-state index is 12.1. The second-order valence-electron chi connectivity index (χ2n) is 4.35.